The van der Waals surface area contributed by atoms with Crippen LogP contribution in [0.15, 0.2) is 24.3 Å². The van der Waals surface area contributed by atoms with Gasteiger partial charge >= 0.3 is 6.03 Å². The summed E-state index contributed by atoms with van der Waals surface area (Å²) in [5, 5.41) is 14.7. The number of hydrogen-bond donors (Lipinski definition) is 3. The van der Waals surface area contributed by atoms with Gasteiger partial charge in [0, 0.05) is 38.1 Å². The fourth-order valence-corrected chi connectivity index (χ4v) is 2.97. The van der Waals surface area contributed by atoms with Gasteiger partial charge in [-0.3, -0.25) is 4.79 Å². The molecule has 0 aliphatic carbocycles. The highest BCUT2D eigenvalue weighted by atomic mass is 16.5. The molecule has 1 aliphatic heterocycles. The summed E-state index contributed by atoms with van der Waals surface area (Å²) in [7, 11) is 1.55. The van der Waals surface area contributed by atoms with E-state index in [1.807, 2.05) is 11.8 Å². The van der Waals surface area contributed by atoms with Gasteiger partial charge in [0.25, 0.3) is 5.91 Å². The number of ether oxygens (including phenoxy) is 1. The third-order valence-corrected chi connectivity index (χ3v) is 4.32. The van der Waals surface area contributed by atoms with Crippen LogP contribution < -0.4 is 10.6 Å². The van der Waals surface area contributed by atoms with Crippen molar-refractivity contribution in [1.29, 1.82) is 0 Å². The minimum Gasteiger partial charge on any atom is -0.396 e. The lowest BCUT2D eigenvalue weighted by molar-refractivity contribution is 0.0793. The molecule has 2 rings (SSSR count). The number of methoxy groups -OCH3 is 1. The van der Waals surface area contributed by atoms with Gasteiger partial charge in [-0.1, -0.05) is 0 Å². The third-order valence-electron chi connectivity index (χ3n) is 4.32. The van der Waals surface area contributed by atoms with Crippen LogP contribution in [0.4, 0.5) is 10.5 Å². The van der Waals surface area contributed by atoms with E-state index in [1.165, 1.54) is 0 Å². The van der Waals surface area contributed by atoms with Crippen LogP contribution >= 0.6 is 0 Å². The Hall–Kier alpha value is -2.12. The number of rotatable bonds is 7. The van der Waals surface area contributed by atoms with E-state index < -0.39 is 5.54 Å². The van der Waals surface area contributed by atoms with E-state index in [1.54, 1.807) is 31.4 Å². The molecule has 1 saturated heterocycles. The molecule has 25 heavy (non-hydrogen) atoms. The molecule has 0 aromatic heterocycles. The number of aliphatic hydroxyl groups excluding tert-OH is 1. The van der Waals surface area contributed by atoms with Gasteiger partial charge in [0.15, 0.2) is 0 Å². The highest BCUT2D eigenvalue weighted by Gasteiger charge is 2.26. The van der Waals surface area contributed by atoms with Crippen LogP contribution in [-0.4, -0.2) is 60.9 Å². The van der Waals surface area contributed by atoms with E-state index in [0.29, 0.717) is 24.3 Å². The Labute approximate surface area is 148 Å². The molecule has 3 amide bonds. The molecule has 1 fully saturated rings. The maximum Gasteiger partial charge on any atom is 0.319 e. The van der Waals surface area contributed by atoms with E-state index in [9.17, 15) is 9.59 Å². The molecule has 0 bridgehead atoms. The number of nitrogens with zero attached hydrogens (tertiary/aromatic N) is 1. The van der Waals surface area contributed by atoms with Crippen LogP contribution in [0.1, 0.15) is 36.5 Å². The molecular weight excluding hydrogens is 322 g/mol. The van der Waals surface area contributed by atoms with Gasteiger partial charge in [-0.05, 0) is 50.5 Å². The lowest BCUT2D eigenvalue weighted by Crippen LogP contribution is -2.51. The van der Waals surface area contributed by atoms with Crippen LogP contribution in [-0.2, 0) is 4.74 Å². The summed E-state index contributed by atoms with van der Waals surface area (Å²) in [4.78, 5) is 26.3. The molecule has 3 N–H and O–H groups in total. The molecule has 1 atom stereocenters. The molecule has 7 heteroatoms. The Kier molecular flexibility index (Phi) is 6.78. The zero-order valence-corrected chi connectivity index (χ0v) is 14.9. The summed E-state index contributed by atoms with van der Waals surface area (Å²) in [6.45, 7) is 3.68. The molecule has 1 aliphatic rings. The maximum atomic E-state index is 12.3. The van der Waals surface area contributed by atoms with Crippen molar-refractivity contribution in [3.8, 4) is 0 Å². The van der Waals surface area contributed by atoms with Crippen molar-refractivity contribution in [3.63, 3.8) is 0 Å². The molecule has 0 unspecified atom stereocenters. The highest BCUT2D eigenvalue weighted by molar-refractivity contribution is 5.95. The van der Waals surface area contributed by atoms with E-state index in [2.05, 4.69) is 10.6 Å². The Balaban J connectivity index is 1.93. The molecular formula is C18H27N3O4. The predicted molar refractivity (Wildman–Crippen MR) is 95.7 cm³/mol. The van der Waals surface area contributed by atoms with E-state index >= 15 is 0 Å². The van der Waals surface area contributed by atoms with E-state index in [4.69, 9.17) is 9.84 Å². The second-order valence-corrected chi connectivity index (χ2v) is 6.62. The van der Waals surface area contributed by atoms with Gasteiger partial charge in [-0.25, -0.2) is 4.79 Å². The van der Waals surface area contributed by atoms with Gasteiger partial charge in [0.05, 0.1) is 12.1 Å². The van der Waals surface area contributed by atoms with Crippen LogP contribution in [0.3, 0.4) is 0 Å². The molecule has 7 nitrogen and oxygen atoms in total. The minimum absolute atomic E-state index is 0.0316. The number of amides is 3. The third kappa shape index (κ3) is 5.44. The van der Waals surface area contributed by atoms with Crippen molar-refractivity contribution in [2.75, 3.05) is 38.7 Å². The summed E-state index contributed by atoms with van der Waals surface area (Å²) in [5.74, 6) is 0.0316. The van der Waals surface area contributed by atoms with Crippen LogP contribution in [0.2, 0.25) is 0 Å². The number of carbonyl (C=O) groups is 2. The SMILES string of the molecule is COC[C@@](C)(CCO)NC(=O)Nc1ccc(C(=O)N2CCCC2)cc1. The Morgan fingerprint density at radius 3 is 2.44 bits per heavy atom. The van der Waals surface area contributed by atoms with Crippen molar-refractivity contribution in [2.45, 2.75) is 31.7 Å². The molecule has 1 aromatic carbocycles. The first-order valence-corrected chi connectivity index (χ1v) is 8.56. The molecule has 1 aromatic rings. The molecule has 1 heterocycles. The zero-order valence-electron chi connectivity index (χ0n) is 14.9. The van der Waals surface area contributed by atoms with Crippen LogP contribution in [0.5, 0.6) is 0 Å². The van der Waals surface area contributed by atoms with Gasteiger partial charge in [0.2, 0.25) is 0 Å². The zero-order chi connectivity index (χ0) is 18.3. The molecule has 0 saturated carbocycles. The first kappa shape index (κ1) is 19.2. The summed E-state index contributed by atoms with van der Waals surface area (Å²) in [6, 6.07) is 6.48. The average Bonchev–Trinajstić information content (AvgIpc) is 3.09. The fourth-order valence-electron chi connectivity index (χ4n) is 2.97. The molecule has 0 spiro atoms. The number of aliphatic hydroxyl groups is 1. The summed E-state index contributed by atoms with van der Waals surface area (Å²) in [6.07, 6.45) is 2.50. The lowest BCUT2D eigenvalue weighted by Gasteiger charge is -2.29. The smallest absolute Gasteiger partial charge is 0.319 e. The monoisotopic (exact) mass is 349 g/mol. The van der Waals surface area contributed by atoms with Crippen LogP contribution in [0.25, 0.3) is 0 Å². The quantitative estimate of drug-likeness (QED) is 0.700. The standard InChI is InChI=1S/C18H27N3O4/c1-18(9-12-22,13-25-2)20-17(24)19-15-7-5-14(6-8-15)16(23)21-10-3-4-11-21/h5-8,22H,3-4,9-13H2,1-2H3,(H2,19,20,24)/t18-/m1/s1. The van der Waals surface area contributed by atoms with E-state index in [0.717, 1.165) is 25.9 Å². The molecule has 138 valence electrons. The first-order valence-electron chi connectivity index (χ1n) is 8.56. The first-order chi connectivity index (χ1) is 12.0. The number of anilines is 1. The fraction of sp³-hybridized carbons (Fsp3) is 0.556. The lowest BCUT2D eigenvalue weighted by atomic mass is 10.00. The number of likely N-dealkylation sites (tertiary alicyclic amines) is 1. The second kappa shape index (κ2) is 8.82. The second-order valence-electron chi connectivity index (χ2n) is 6.62. The number of urea groups is 1. The largest absolute Gasteiger partial charge is 0.396 e. The average molecular weight is 349 g/mol. The van der Waals surface area contributed by atoms with E-state index in [-0.39, 0.29) is 18.5 Å². The summed E-state index contributed by atoms with van der Waals surface area (Å²) >= 11 is 0. The minimum atomic E-state index is -0.654. The topological polar surface area (TPSA) is 90.9 Å². The van der Waals surface area contributed by atoms with Gasteiger partial charge in [-0.15, -0.1) is 0 Å². The van der Waals surface area contributed by atoms with Crippen LogP contribution in [0, 0.1) is 0 Å². The number of hydrogen-bond acceptors (Lipinski definition) is 4. The number of benzene rings is 1. The summed E-state index contributed by atoms with van der Waals surface area (Å²) < 4.78 is 5.11. The Bertz CT molecular complexity index is 576. The van der Waals surface area contributed by atoms with Crippen molar-refractivity contribution in [3.05, 3.63) is 29.8 Å². The van der Waals surface area contributed by atoms with Crippen molar-refractivity contribution >= 4 is 17.6 Å². The molecule has 0 radical (unpaired) electrons. The van der Waals surface area contributed by atoms with Gasteiger partial charge in [-0.2, -0.15) is 0 Å². The predicted octanol–water partition coefficient (Wildman–Crippen LogP) is 1.83. The highest BCUT2D eigenvalue weighted by Crippen LogP contribution is 2.16. The van der Waals surface area contributed by atoms with Gasteiger partial charge in [0.1, 0.15) is 0 Å². The van der Waals surface area contributed by atoms with Crippen molar-refractivity contribution in [2.24, 2.45) is 0 Å². The van der Waals surface area contributed by atoms with Gasteiger partial charge < -0.3 is 25.4 Å². The maximum absolute atomic E-state index is 12.3. The number of nitrogens with one attached hydrogen (secondary N) is 2. The van der Waals surface area contributed by atoms with Crippen molar-refractivity contribution < 1.29 is 19.4 Å². The normalized spacial score (nSPS) is 16.4. The Morgan fingerprint density at radius 1 is 1.24 bits per heavy atom. The Morgan fingerprint density at radius 2 is 1.88 bits per heavy atom. The summed E-state index contributed by atoms with van der Waals surface area (Å²) in [5.41, 5.74) is 0.566. The van der Waals surface area contributed by atoms with Crippen molar-refractivity contribution in [1.82, 2.24) is 10.2 Å². The number of carbonyl (C=O) groups excluding carboxylic acids is 2.